The van der Waals surface area contributed by atoms with Gasteiger partial charge in [-0.1, -0.05) is 19.1 Å². The largest absolute Gasteiger partial charge is 0.313 e. The van der Waals surface area contributed by atoms with E-state index in [1.807, 2.05) is 12.1 Å². The van der Waals surface area contributed by atoms with E-state index in [9.17, 15) is 8.42 Å². The second-order valence-corrected chi connectivity index (χ2v) is 7.33. The third kappa shape index (κ3) is 6.71. The summed E-state index contributed by atoms with van der Waals surface area (Å²) >= 11 is 1.59. The molecule has 0 unspecified atom stereocenters. The second kappa shape index (κ2) is 7.03. The predicted molar refractivity (Wildman–Crippen MR) is 74.3 cm³/mol. The van der Waals surface area contributed by atoms with Crippen LogP contribution in [-0.4, -0.2) is 32.7 Å². The maximum Gasteiger partial charge on any atom is 0.148 e. The highest BCUT2D eigenvalue weighted by Crippen LogP contribution is 2.19. The van der Waals surface area contributed by atoms with E-state index in [0.717, 1.165) is 18.0 Å². The van der Waals surface area contributed by atoms with E-state index >= 15 is 0 Å². The number of thioether (sulfide) groups is 1. The summed E-state index contributed by atoms with van der Waals surface area (Å²) in [5, 5.41) is 3.27. The molecule has 17 heavy (non-hydrogen) atoms. The average Bonchev–Trinajstić information content (AvgIpc) is 2.25. The summed E-state index contributed by atoms with van der Waals surface area (Å²) < 4.78 is 22.0. The summed E-state index contributed by atoms with van der Waals surface area (Å²) in [5.41, 5.74) is 1.23. The molecule has 0 aliphatic carbocycles. The van der Waals surface area contributed by atoms with Crippen molar-refractivity contribution < 1.29 is 8.42 Å². The van der Waals surface area contributed by atoms with E-state index in [1.54, 1.807) is 11.8 Å². The number of nitrogens with one attached hydrogen (secondary N) is 1. The fourth-order valence-electron chi connectivity index (χ4n) is 1.33. The van der Waals surface area contributed by atoms with E-state index in [1.165, 1.54) is 11.8 Å². The van der Waals surface area contributed by atoms with Crippen LogP contribution >= 0.6 is 11.8 Å². The minimum Gasteiger partial charge on any atom is -0.313 e. The SMILES string of the molecule is CCNCc1cccc(SCCS(C)(=O)=O)c1. The van der Waals surface area contributed by atoms with Gasteiger partial charge in [0.15, 0.2) is 0 Å². The van der Waals surface area contributed by atoms with E-state index in [4.69, 9.17) is 0 Å². The van der Waals surface area contributed by atoms with Crippen LogP contribution in [0.25, 0.3) is 0 Å². The third-order valence-electron chi connectivity index (χ3n) is 2.20. The minimum absolute atomic E-state index is 0.231. The molecule has 1 rings (SSSR count). The molecule has 1 aromatic carbocycles. The zero-order chi connectivity index (χ0) is 12.7. The first-order valence-corrected chi connectivity index (χ1v) is 8.66. The molecule has 0 amide bonds. The van der Waals surface area contributed by atoms with E-state index in [-0.39, 0.29) is 5.75 Å². The van der Waals surface area contributed by atoms with Crippen molar-refractivity contribution in [3.05, 3.63) is 29.8 Å². The summed E-state index contributed by atoms with van der Waals surface area (Å²) in [6, 6.07) is 8.21. The van der Waals surface area contributed by atoms with Gasteiger partial charge in [0.05, 0.1) is 5.75 Å². The highest BCUT2D eigenvalue weighted by atomic mass is 32.2. The van der Waals surface area contributed by atoms with E-state index in [2.05, 4.69) is 24.4 Å². The van der Waals surface area contributed by atoms with Crippen LogP contribution in [0.5, 0.6) is 0 Å². The molecule has 0 saturated carbocycles. The Hall–Kier alpha value is -0.520. The summed E-state index contributed by atoms with van der Waals surface area (Å²) in [5.74, 6) is 0.846. The van der Waals surface area contributed by atoms with Gasteiger partial charge in [-0.3, -0.25) is 0 Å². The monoisotopic (exact) mass is 273 g/mol. The first kappa shape index (κ1) is 14.5. The quantitative estimate of drug-likeness (QED) is 0.771. The van der Waals surface area contributed by atoms with Gasteiger partial charge in [-0.2, -0.15) is 0 Å². The van der Waals surface area contributed by atoms with Crippen LogP contribution in [0.1, 0.15) is 12.5 Å². The third-order valence-corrected chi connectivity index (χ3v) is 4.40. The van der Waals surface area contributed by atoms with Gasteiger partial charge in [0, 0.05) is 23.4 Å². The summed E-state index contributed by atoms with van der Waals surface area (Å²) in [6.07, 6.45) is 1.27. The van der Waals surface area contributed by atoms with Crippen LogP contribution in [0.15, 0.2) is 29.2 Å². The van der Waals surface area contributed by atoms with Gasteiger partial charge in [0.25, 0.3) is 0 Å². The molecule has 0 radical (unpaired) electrons. The second-order valence-electron chi connectivity index (χ2n) is 3.91. The molecule has 0 heterocycles. The Kier molecular flexibility index (Phi) is 6.02. The molecule has 96 valence electrons. The number of hydrogen-bond acceptors (Lipinski definition) is 4. The van der Waals surface area contributed by atoms with E-state index < -0.39 is 9.84 Å². The van der Waals surface area contributed by atoms with Crippen molar-refractivity contribution >= 4 is 21.6 Å². The lowest BCUT2D eigenvalue weighted by Gasteiger charge is -2.05. The molecule has 0 saturated heterocycles. The maximum atomic E-state index is 11.0. The molecule has 0 fully saturated rings. The molecule has 0 bridgehead atoms. The topological polar surface area (TPSA) is 46.2 Å². The van der Waals surface area contributed by atoms with Crippen molar-refractivity contribution in [2.45, 2.75) is 18.4 Å². The molecule has 0 aliphatic heterocycles. The van der Waals surface area contributed by atoms with Crippen LogP contribution in [0.4, 0.5) is 0 Å². The maximum absolute atomic E-state index is 11.0. The summed E-state index contributed by atoms with van der Waals surface area (Å²) in [4.78, 5) is 1.13. The fourth-order valence-corrected chi connectivity index (χ4v) is 3.51. The molecule has 0 aromatic heterocycles. The normalized spacial score (nSPS) is 11.6. The molecule has 3 nitrogen and oxygen atoms in total. The van der Waals surface area contributed by atoms with Gasteiger partial charge >= 0.3 is 0 Å². The average molecular weight is 273 g/mol. The highest BCUT2D eigenvalue weighted by molar-refractivity contribution is 8.00. The lowest BCUT2D eigenvalue weighted by atomic mass is 10.2. The molecule has 1 aromatic rings. The van der Waals surface area contributed by atoms with Gasteiger partial charge in [0.2, 0.25) is 0 Å². The van der Waals surface area contributed by atoms with Gasteiger partial charge in [-0.15, -0.1) is 11.8 Å². The van der Waals surface area contributed by atoms with Crippen molar-refractivity contribution in [2.24, 2.45) is 0 Å². The molecular weight excluding hydrogens is 254 g/mol. The Bertz CT molecular complexity index is 444. The standard InChI is InChI=1S/C12H19NO2S2/c1-3-13-10-11-5-4-6-12(9-11)16-7-8-17(2,14)15/h4-6,9,13H,3,7-8,10H2,1-2H3. The summed E-state index contributed by atoms with van der Waals surface area (Å²) in [6.45, 7) is 3.88. The highest BCUT2D eigenvalue weighted by Gasteiger charge is 2.03. The molecule has 0 aliphatic rings. The van der Waals surface area contributed by atoms with Crippen LogP contribution in [0.3, 0.4) is 0 Å². The van der Waals surface area contributed by atoms with Crippen molar-refractivity contribution in [2.75, 3.05) is 24.3 Å². The molecule has 5 heteroatoms. The van der Waals surface area contributed by atoms with Gasteiger partial charge in [-0.25, -0.2) is 8.42 Å². The summed E-state index contributed by atoms with van der Waals surface area (Å²) in [7, 11) is -2.85. The van der Waals surface area contributed by atoms with Crippen LogP contribution < -0.4 is 5.32 Å². The van der Waals surface area contributed by atoms with Crippen molar-refractivity contribution in [1.82, 2.24) is 5.32 Å². The number of hydrogen-bond donors (Lipinski definition) is 1. The predicted octanol–water partition coefficient (Wildman–Crippen LogP) is 1.93. The van der Waals surface area contributed by atoms with Gasteiger partial charge < -0.3 is 5.32 Å². The number of benzene rings is 1. The first-order chi connectivity index (χ1) is 8.01. The van der Waals surface area contributed by atoms with Gasteiger partial charge in [-0.05, 0) is 24.2 Å². The molecular formula is C12H19NO2S2. The lowest BCUT2D eigenvalue weighted by molar-refractivity contribution is 0.603. The zero-order valence-electron chi connectivity index (χ0n) is 10.3. The Morgan fingerprint density at radius 3 is 2.76 bits per heavy atom. The van der Waals surface area contributed by atoms with Crippen LogP contribution in [-0.2, 0) is 16.4 Å². The lowest BCUT2D eigenvalue weighted by Crippen LogP contribution is -2.11. The van der Waals surface area contributed by atoms with Crippen molar-refractivity contribution in [3.8, 4) is 0 Å². The Morgan fingerprint density at radius 1 is 1.35 bits per heavy atom. The van der Waals surface area contributed by atoms with Crippen molar-refractivity contribution in [1.29, 1.82) is 0 Å². The van der Waals surface area contributed by atoms with Crippen LogP contribution in [0.2, 0.25) is 0 Å². The fraction of sp³-hybridized carbons (Fsp3) is 0.500. The molecule has 0 atom stereocenters. The van der Waals surface area contributed by atoms with E-state index in [0.29, 0.717) is 5.75 Å². The Morgan fingerprint density at radius 2 is 2.12 bits per heavy atom. The zero-order valence-corrected chi connectivity index (χ0v) is 11.9. The number of rotatable bonds is 7. The Balaban J connectivity index is 2.48. The first-order valence-electron chi connectivity index (χ1n) is 5.61. The van der Waals surface area contributed by atoms with Gasteiger partial charge in [0.1, 0.15) is 9.84 Å². The molecule has 0 spiro atoms. The molecule has 1 N–H and O–H groups in total. The minimum atomic E-state index is -2.85. The number of sulfone groups is 1. The van der Waals surface area contributed by atoms with Crippen molar-refractivity contribution in [3.63, 3.8) is 0 Å². The van der Waals surface area contributed by atoms with Crippen LogP contribution in [0, 0.1) is 0 Å². The Labute approximate surface area is 108 Å². The smallest absolute Gasteiger partial charge is 0.148 e.